The molecule has 1 aromatic rings. The summed E-state index contributed by atoms with van der Waals surface area (Å²) in [4.78, 5) is 6.12. The normalized spacial score (nSPS) is 13.2. The number of rotatable bonds is 6. The summed E-state index contributed by atoms with van der Waals surface area (Å²) in [5.74, 6) is 1.01. The lowest BCUT2D eigenvalue weighted by Crippen LogP contribution is -2.29. The SMILES string of the molecule is CCC(C)CN(CC)c1cc(C(F)(F)F)cc(NC)n1. The highest BCUT2D eigenvalue weighted by Crippen LogP contribution is 2.33. The van der Waals surface area contributed by atoms with Gasteiger partial charge < -0.3 is 10.2 Å². The van der Waals surface area contributed by atoms with Gasteiger partial charge in [-0.25, -0.2) is 4.98 Å². The summed E-state index contributed by atoms with van der Waals surface area (Å²) in [6.45, 7) is 7.39. The Morgan fingerprint density at radius 1 is 1.30 bits per heavy atom. The van der Waals surface area contributed by atoms with Crippen LogP contribution in [0.4, 0.5) is 24.8 Å². The predicted molar refractivity (Wildman–Crippen MR) is 76.1 cm³/mol. The molecule has 114 valence electrons. The Morgan fingerprint density at radius 3 is 2.40 bits per heavy atom. The molecule has 0 aliphatic heterocycles. The van der Waals surface area contributed by atoms with Crippen LogP contribution in [-0.4, -0.2) is 25.1 Å². The molecule has 0 fully saturated rings. The van der Waals surface area contributed by atoms with Crippen LogP contribution in [0.25, 0.3) is 0 Å². The molecule has 0 bridgehead atoms. The molecule has 1 N–H and O–H groups in total. The largest absolute Gasteiger partial charge is 0.416 e. The molecule has 0 aliphatic carbocycles. The van der Waals surface area contributed by atoms with Gasteiger partial charge in [-0.1, -0.05) is 20.3 Å². The number of hydrogen-bond donors (Lipinski definition) is 1. The Kier molecular flexibility index (Phi) is 5.65. The second kappa shape index (κ2) is 6.81. The lowest BCUT2D eigenvalue weighted by atomic mass is 10.1. The number of nitrogens with zero attached hydrogens (tertiary/aromatic N) is 2. The van der Waals surface area contributed by atoms with E-state index in [0.29, 0.717) is 24.8 Å². The molecule has 0 aliphatic rings. The Morgan fingerprint density at radius 2 is 1.95 bits per heavy atom. The van der Waals surface area contributed by atoms with E-state index < -0.39 is 11.7 Å². The highest BCUT2D eigenvalue weighted by Gasteiger charge is 2.32. The quantitative estimate of drug-likeness (QED) is 0.857. The van der Waals surface area contributed by atoms with Crippen LogP contribution in [0, 0.1) is 5.92 Å². The van der Waals surface area contributed by atoms with E-state index >= 15 is 0 Å². The number of aromatic nitrogens is 1. The lowest BCUT2D eigenvalue weighted by molar-refractivity contribution is -0.137. The van der Waals surface area contributed by atoms with Gasteiger partial charge in [-0.2, -0.15) is 13.2 Å². The van der Waals surface area contributed by atoms with Crippen LogP contribution in [0.3, 0.4) is 0 Å². The maximum atomic E-state index is 12.9. The van der Waals surface area contributed by atoms with Crippen LogP contribution in [0.5, 0.6) is 0 Å². The monoisotopic (exact) mass is 289 g/mol. The van der Waals surface area contributed by atoms with E-state index in [0.717, 1.165) is 18.6 Å². The van der Waals surface area contributed by atoms with Crippen molar-refractivity contribution in [3.8, 4) is 0 Å². The van der Waals surface area contributed by atoms with Crippen LogP contribution in [0.15, 0.2) is 12.1 Å². The Labute approximate surface area is 118 Å². The van der Waals surface area contributed by atoms with Gasteiger partial charge >= 0.3 is 6.18 Å². The fourth-order valence-electron chi connectivity index (χ4n) is 1.86. The molecule has 0 aromatic carbocycles. The number of pyridine rings is 1. The molecular formula is C14H22F3N3. The van der Waals surface area contributed by atoms with Crippen molar-refractivity contribution in [2.75, 3.05) is 30.4 Å². The first-order chi connectivity index (χ1) is 9.31. The number of hydrogen-bond acceptors (Lipinski definition) is 3. The van der Waals surface area contributed by atoms with E-state index in [1.54, 1.807) is 7.05 Å². The van der Waals surface area contributed by atoms with Gasteiger partial charge in [0.05, 0.1) is 5.56 Å². The average Bonchev–Trinajstić information content (AvgIpc) is 2.42. The van der Waals surface area contributed by atoms with Crippen LogP contribution < -0.4 is 10.2 Å². The molecule has 1 heterocycles. The molecule has 6 heteroatoms. The number of nitrogens with one attached hydrogen (secondary N) is 1. The van der Waals surface area contributed by atoms with Crippen molar-refractivity contribution < 1.29 is 13.2 Å². The summed E-state index contributed by atoms with van der Waals surface area (Å²) in [5, 5.41) is 2.69. The summed E-state index contributed by atoms with van der Waals surface area (Å²) < 4.78 is 38.7. The third-order valence-corrected chi connectivity index (χ3v) is 3.33. The minimum absolute atomic E-state index is 0.234. The molecule has 20 heavy (non-hydrogen) atoms. The van der Waals surface area contributed by atoms with E-state index in [2.05, 4.69) is 24.1 Å². The second-order valence-electron chi connectivity index (χ2n) is 4.90. The van der Waals surface area contributed by atoms with E-state index in [1.165, 1.54) is 0 Å². The fraction of sp³-hybridized carbons (Fsp3) is 0.643. The summed E-state index contributed by atoms with van der Waals surface area (Å²) in [6, 6.07) is 2.15. The zero-order valence-corrected chi connectivity index (χ0v) is 12.4. The molecule has 0 radical (unpaired) electrons. The molecule has 0 saturated carbocycles. The van der Waals surface area contributed by atoms with Crippen LogP contribution in [0.2, 0.25) is 0 Å². The van der Waals surface area contributed by atoms with Crippen LogP contribution in [0.1, 0.15) is 32.8 Å². The van der Waals surface area contributed by atoms with Gasteiger partial charge in [0.1, 0.15) is 11.6 Å². The first-order valence-corrected chi connectivity index (χ1v) is 6.83. The molecule has 1 aromatic heterocycles. The highest BCUT2D eigenvalue weighted by atomic mass is 19.4. The molecular weight excluding hydrogens is 267 g/mol. The van der Waals surface area contributed by atoms with E-state index in [1.807, 2.05) is 11.8 Å². The lowest BCUT2D eigenvalue weighted by Gasteiger charge is -2.26. The smallest absolute Gasteiger partial charge is 0.373 e. The first-order valence-electron chi connectivity index (χ1n) is 6.83. The van der Waals surface area contributed by atoms with Crippen LogP contribution in [-0.2, 0) is 6.18 Å². The number of anilines is 2. The average molecular weight is 289 g/mol. The van der Waals surface area contributed by atoms with Gasteiger partial charge in [0.25, 0.3) is 0 Å². The second-order valence-corrected chi connectivity index (χ2v) is 4.90. The van der Waals surface area contributed by atoms with Crippen molar-refractivity contribution in [3.63, 3.8) is 0 Å². The van der Waals surface area contributed by atoms with Gasteiger partial charge in [-0.05, 0) is 25.0 Å². The Bertz CT molecular complexity index is 432. The summed E-state index contributed by atoms with van der Waals surface area (Å²) in [7, 11) is 1.57. The van der Waals surface area contributed by atoms with Gasteiger partial charge in [0.15, 0.2) is 0 Å². The van der Waals surface area contributed by atoms with Gasteiger partial charge in [-0.15, -0.1) is 0 Å². The Balaban J connectivity index is 3.14. The molecule has 0 saturated heterocycles. The molecule has 1 atom stereocenters. The van der Waals surface area contributed by atoms with Crippen molar-refractivity contribution in [3.05, 3.63) is 17.7 Å². The molecule has 0 spiro atoms. The zero-order valence-electron chi connectivity index (χ0n) is 12.4. The maximum absolute atomic E-state index is 12.9. The topological polar surface area (TPSA) is 28.2 Å². The summed E-state index contributed by atoms with van der Waals surface area (Å²) in [5.41, 5.74) is -0.672. The van der Waals surface area contributed by atoms with Crippen LogP contribution >= 0.6 is 0 Å². The minimum atomic E-state index is -4.36. The first kappa shape index (κ1) is 16.6. The minimum Gasteiger partial charge on any atom is -0.373 e. The van der Waals surface area contributed by atoms with E-state index in [4.69, 9.17) is 0 Å². The summed E-state index contributed by atoms with van der Waals surface area (Å²) >= 11 is 0. The van der Waals surface area contributed by atoms with Crippen molar-refractivity contribution in [1.29, 1.82) is 0 Å². The van der Waals surface area contributed by atoms with E-state index in [9.17, 15) is 13.2 Å². The summed E-state index contributed by atoms with van der Waals surface area (Å²) in [6.07, 6.45) is -3.38. The number of halogens is 3. The van der Waals surface area contributed by atoms with Gasteiger partial charge in [0.2, 0.25) is 0 Å². The van der Waals surface area contributed by atoms with Crippen molar-refractivity contribution in [2.24, 2.45) is 5.92 Å². The maximum Gasteiger partial charge on any atom is 0.416 e. The zero-order chi connectivity index (χ0) is 15.3. The Hall–Kier alpha value is -1.46. The predicted octanol–water partition coefficient (Wildman–Crippen LogP) is 4.01. The van der Waals surface area contributed by atoms with Crippen molar-refractivity contribution in [1.82, 2.24) is 4.98 Å². The third-order valence-electron chi connectivity index (χ3n) is 3.33. The third kappa shape index (κ3) is 4.28. The van der Waals surface area contributed by atoms with Crippen molar-refractivity contribution >= 4 is 11.6 Å². The molecule has 1 rings (SSSR count). The van der Waals surface area contributed by atoms with Crippen molar-refractivity contribution in [2.45, 2.75) is 33.4 Å². The molecule has 1 unspecified atom stereocenters. The van der Waals surface area contributed by atoms with Gasteiger partial charge in [-0.3, -0.25) is 0 Å². The number of alkyl halides is 3. The highest BCUT2D eigenvalue weighted by molar-refractivity contribution is 5.51. The van der Waals surface area contributed by atoms with Gasteiger partial charge in [0, 0.05) is 20.1 Å². The fourth-order valence-corrected chi connectivity index (χ4v) is 1.86. The molecule has 3 nitrogen and oxygen atoms in total. The molecule has 0 amide bonds. The van der Waals surface area contributed by atoms with E-state index in [-0.39, 0.29) is 5.82 Å². The standard InChI is InChI=1S/C14H22F3N3/c1-5-10(3)9-20(6-2)13-8-11(14(15,16)17)7-12(18-4)19-13/h7-8,10H,5-6,9H2,1-4H3,(H,18,19).